The molecule has 1 aromatic heterocycles. The van der Waals surface area contributed by atoms with Crippen LogP contribution in [0.1, 0.15) is 24.3 Å². The Bertz CT molecular complexity index is 552. The Labute approximate surface area is 115 Å². The zero-order valence-corrected chi connectivity index (χ0v) is 12.2. The fourth-order valence-electron chi connectivity index (χ4n) is 1.97. The molecule has 2 rings (SSSR count). The Morgan fingerprint density at radius 3 is 2.78 bits per heavy atom. The highest BCUT2D eigenvalue weighted by molar-refractivity contribution is 7.91. The van der Waals surface area contributed by atoms with E-state index in [-0.39, 0.29) is 23.5 Å². The monoisotopic (exact) mass is 307 g/mol. The Balaban J connectivity index is 1.96. The number of halogens is 1. The van der Waals surface area contributed by atoms with Crippen molar-refractivity contribution in [2.45, 2.75) is 19.4 Å². The summed E-state index contributed by atoms with van der Waals surface area (Å²) in [4.78, 5) is 12.9. The smallest absolute Gasteiger partial charge is 0.224 e. The predicted molar refractivity (Wildman–Crippen MR) is 72.6 cm³/mol. The van der Waals surface area contributed by atoms with Crippen molar-refractivity contribution in [1.82, 2.24) is 5.32 Å². The normalized spacial score (nSPS) is 23.8. The minimum Gasteiger partial charge on any atom is -0.348 e. The van der Waals surface area contributed by atoms with Crippen LogP contribution in [0.25, 0.3) is 0 Å². The zero-order chi connectivity index (χ0) is 13.3. The fraction of sp³-hybridized carbons (Fsp3) is 0.545. The van der Waals surface area contributed by atoms with E-state index in [0.717, 1.165) is 4.88 Å². The van der Waals surface area contributed by atoms with E-state index in [1.165, 1.54) is 11.3 Å². The molecule has 7 heteroatoms. The number of amides is 1. The first kappa shape index (κ1) is 13.8. The highest BCUT2D eigenvalue weighted by atomic mass is 35.5. The number of carbonyl (C=O) groups excluding carboxylic acids is 1. The van der Waals surface area contributed by atoms with Gasteiger partial charge < -0.3 is 5.32 Å². The first-order chi connectivity index (χ1) is 8.37. The van der Waals surface area contributed by atoms with Crippen LogP contribution in [0.4, 0.5) is 0 Å². The summed E-state index contributed by atoms with van der Waals surface area (Å²) >= 11 is 7.24. The lowest BCUT2D eigenvalue weighted by Crippen LogP contribution is -2.33. The van der Waals surface area contributed by atoms with E-state index in [2.05, 4.69) is 5.32 Å². The topological polar surface area (TPSA) is 63.2 Å². The highest BCUT2D eigenvalue weighted by Crippen LogP contribution is 2.27. The van der Waals surface area contributed by atoms with Crippen LogP contribution in [0.2, 0.25) is 4.34 Å². The van der Waals surface area contributed by atoms with Gasteiger partial charge in [-0.1, -0.05) is 11.6 Å². The van der Waals surface area contributed by atoms with Crippen molar-refractivity contribution in [2.75, 3.05) is 11.5 Å². The number of nitrogens with one attached hydrogen (secondary N) is 1. The van der Waals surface area contributed by atoms with Crippen molar-refractivity contribution >= 4 is 38.7 Å². The molecular formula is C11H14ClNO3S2. The van der Waals surface area contributed by atoms with Crippen LogP contribution in [0.3, 0.4) is 0 Å². The molecule has 1 aliphatic rings. The molecule has 0 aliphatic carbocycles. The van der Waals surface area contributed by atoms with Gasteiger partial charge in [0.15, 0.2) is 9.84 Å². The van der Waals surface area contributed by atoms with E-state index in [4.69, 9.17) is 11.6 Å². The molecule has 0 bridgehead atoms. The summed E-state index contributed by atoms with van der Waals surface area (Å²) in [6.45, 7) is 1.86. The molecule has 0 aromatic carbocycles. The zero-order valence-electron chi connectivity index (χ0n) is 9.85. The van der Waals surface area contributed by atoms with Gasteiger partial charge in [0, 0.05) is 4.88 Å². The van der Waals surface area contributed by atoms with Gasteiger partial charge in [-0.3, -0.25) is 4.79 Å². The SMILES string of the molecule is C[C@H](NC(=O)[C@@H]1CCS(=O)(=O)C1)c1ccc(Cl)s1. The Kier molecular flexibility index (Phi) is 3.99. The van der Waals surface area contributed by atoms with Gasteiger partial charge in [0.1, 0.15) is 0 Å². The van der Waals surface area contributed by atoms with E-state index in [9.17, 15) is 13.2 Å². The summed E-state index contributed by atoms with van der Waals surface area (Å²) in [6.07, 6.45) is 0.423. The third-order valence-corrected chi connectivity index (χ3v) is 6.16. The molecular weight excluding hydrogens is 294 g/mol. The third kappa shape index (κ3) is 3.24. The van der Waals surface area contributed by atoms with Gasteiger partial charge in [0.25, 0.3) is 0 Å². The molecule has 1 amide bonds. The van der Waals surface area contributed by atoms with Crippen LogP contribution in [0, 0.1) is 5.92 Å². The summed E-state index contributed by atoms with van der Waals surface area (Å²) in [5.74, 6) is -0.512. The average Bonchev–Trinajstić information content (AvgIpc) is 2.84. The first-order valence-electron chi connectivity index (χ1n) is 5.63. The van der Waals surface area contributed by atoms with Gasteiger partial charge >= 0.3 is 0 Å². The third-order valence-electron chi connectivity index (χ3n) is 2.98. The van der Waals surface area contributed by atoms with Crippen molar-refractivity contribution in [1.29, 1.82) is 0 Å². The summed E-state index contributed by atoms with van der Waals surface area (Å²) in [6, 6.07) is 3.51. The van der Waals surface area contributed by atoms with Gasteiger partial charge in [0.2, 0.25) is 5.91 Å². The fourth-order valence-corrected chi connectivity index (χ4v) is 4.77. The van der Waals surface area contributed by atoms with Gasteiger partial charge in [-0.15, -0.1) is 11.3 Å². The average molecular weight is 308 g/mol. The Morgan fingerprint density at radius 1 is 1.56 bits per heavy atom. The minimum absolute atomic E-state index is 0.0310. The summed E-state index contributed by atoms with van der Waals surface area (Å²) in [5.41, 5.74) is 0. The summed E-state index contributed by atoms with van der Waals surface area (Å²) in [7, 11) is -3.02. The molecule has 1 N–H and O–H groups in total. The molecule has 2 heterocycles. The highest BCUT2D eigenvalue weighted by Gasteiger charge is 2.33. The van der Waals surface area contributed by atoms with E-state index >= 15 is 0 Å². The molecule has 1 aliphatic heterocycles. The molecule has 4 nitrogen and oxygen atoms in total. The van der Waals surface area contributed by atoms with Crippen molar-refractivity contribution < 1.29 is 13.2 Å². The maximum absolute atomic E-state index is 11.9. The first-order valence-corrected chi connectivity index (χ1v) is 8.65. The van der Waals surface area contributed by atoms with Gasteiger partial charge in [0.05, 0.1) is 27.8 Å². The largest absolute Gasteiger partial charge is 0.348 e. The lowest BCUT2D eigenvalue weighted by Gasteiger charge is -2.15. The van der Waals surface area contributed by atoms with Crippen LogP contribution in [-0.2, 0) is 14.6 Å². The van der Waals surface area contributed by atoms with Gasteiger partial charge in [-0.05, 0) is 25.5 Å². The number of hydrogen-bond acceptors (Lipinski definition) is 4. The molecule has 0 spiro atoms. The van der Waals surface area contributed by atoms with E-state index in [0.29, 0.717) is 10.8 Å². The minimum atomic E-state index is -3.02. The second-order valence-electron chi connectivity index (χ2n) is 4.47. The maximum Gasteiger partial charge on any atom is 0.224 e. The number of hydrogen-bond donors (Lipinski definition) is 1. The number of sulfone groups is 1. The van der Waals surface area contributed by atoms with Crippen molar-refractivity contribution in [2.24, 2.45) is 5.92 Å². The standard InChI is InChI=1S/C11H14ClNO3S2/c1-7(9-2-3-10(12)17-9)13-11(14)8-4-5-18(15,16)6-8/h2-3,7-8H,4-6H2,1H3,(H,13,14)/t7-,8+/m0/s1. The van der Waals surface area contributed by atoms with E-state index < -0.39 is 15.8 Å². The van der Waals surface area contributed by atoms with Gasteiger partial charge in [-0.2, -0.15) is 0 Å². The van der Waals surface area contributed by atoms with Crippen molar-refractivity contribution in [3.8, 4) is 0 Å². The molecule has 2 atom stereocenters. The Hall–Kier alpha value is -0.590. The van der Waals surface area contributed by atoms with Crippen LogP contribution < -0.4 is 5.32 Å². The number of carbonyl (C=O) groups is 1. The molecule has 0 saturated carbocycles. The molecule has 1 aromatic rings. The van der Waals surface area contributed by atoms with Crippen molar-refractivity contribution in [3.63, 3.8) is 0 Å². The predicted octanol–water partition coefficient (Wildman–Crippen LogP) is 2.01. The second kappa shape index (κ2) is 5.19. The lowest BCUT2D eigenvalue weighted by atomic mass is 10.1. The van der Waals surface area contributed by atoms with E-state index in [1.54, 1.807) is 6.07 Å². The molecule has 1 fully saturated rings. The van der Waals surface area contributed by atoms with Crippen LogP contribution >= 0.6 is 22.9 Å². The molecule has 0 unspecified atom stereocenters. The summed E-state index contributed by atoms with van der Waals surface area (Å²) in [5, 5.41) is 2.84. The maximum atomic E-state index is 11.9. The van der Waals surface area contributed by atoms with Crippen LogP contribution in [0.15, 0.2) is 12.1 Å². The van der Waals surface area contributed by atoms with Crippen LogP contribution in [-0.4, -0.2) is 25.8 Å². The quantitative estimate of drug-likeness (QED) is 0.929. The lowest BCUT2D eigenvalue weighted by molar-refractivity contribution is -0.124. The molecule has 100 valence electrons. The molecule has 0 radical (unpaired) electrons. The molecule has 1 saturated heterocycles. The number of rotatable bonds is 3. The second-order valence-corrected chi connectivity index (χ2v) is 8.45. The van der Waals surface area contributed by atoms with E-state index in [1.807, 2.05) is 13.0 Å². The van der Waals surface area contributed by atoms with Crippen LogP contribution in [0.5, 0.6) is 0 Å². The molecule has 18 heavy (non-hydrogen) atoms. The number of thiophene rings is 1. The summed E-state index contributed by atoms with van der Waals surface area (Å²) < 4.78 is 23.3. The van der Waals surface area contributed by atoms with Gasteiger partial charge in [-0.25, -0.2) is 8.42 Å². The van der Waals surface area contributed by atoms with Crippen molar-refractivity contribution in [3.05, 3.63) is 21.3 Å². The Morgan fingerprint density at radius 2 is 2.28 bits per heavy atom.